The van der Waals surface area contributed by atoms with Crippen LogP contribution in [-0.4, -0.2) is 14.5 Å². The highest BCUT2D eigenvalue weighted by Crippen LogP contribution is 2.48. The molecular formula is C28H19N3S2. The smallest absolute Gasteiger partial charge is 0.159 e. The number of fused-ring (bicyclic) bond motifs is 7. The zero-order valence-electron chi connectivity index (χ0n) is 18.2. The second kappa shape index (κ2) is 6.98. The third-order valence-electron chi connectivity index (χ3n) is 6.30. The summed E-state index contributed by atoms with van der Waals surface area (Å²) >= 11 is 3.71. The highest BCUT2D eigenvalue weighted by atomic mass is 32.1. The number of hydrogen-bond donors (Lipinski definition) is 0. The Morgan fingerprint density at radius 3 is 1.64 bits per heavy atom. The number of thiophene rings is 2. The van der Waals surface area contributed by atoms with E-state index >= 15 is 0 Å². The van der Waals surface area contributed by atoms with Crippen molar-refractivity contribution in [2.45, 2.75) is 13.8 Å². The van der Waals surface area contributed by atoms with E-state index in [1.807, 2.05) is 40.9 Å². The second-order valence-electron chi connectivity index (χ2n) is 8.32. The Hall–Kier alpha value is -3.54. The molecule has 0 aliphatic rings. The minimum Gasteiger partial charge on any atom is -0.288 e. The van der Waals surface area contributed by atoms with Crippen molar-refractivity contribution in [2.75, 3.05) is 0 Å². The van der Waals surface area contributed by atoms with Gasteiger partial charge in [-0.3, -0.25) is 4.57 Å². The molecule has 4 heterocycles. The molecule has 4 aromatic heterocycles. The average Bonchev–Trinajstić information content (AvgIpc) is 3.47. The topological polar surface area (TPSA) is 30.7 Å². The van der Waals surface area contributed by atoms with Gasteiger partial charge in [0.15, 0.2) is 5.82 Å². The van der Waals surface area contributed by atoms with Gasteiger partial charge in [-0.25, -0.2) is 9.97 Å². The molecule has 0 unspecified atom stereocenters. The van der Waals surface area contributed by atoms with Crippen molar-refractivity contribution >= 4 is 63.3 Å². The molecule has 0 amide bonds. The van der Waals surface area contributed by atoms with Crippen molar-refractivity contribution in [2.24, 2.45) is 0 Å². The Morgan fingerprint density at radius 1 is 0.606 bits per heavy atom. The molecule has 7 aromatic rings. The summed E-state index contributed by atoms with van der Waals surface area (Å²) in [6, 6.07) is 27.7. The molecule has 0 N–H and O–H groups in total. The van der Waals surface area contributed by atoms with Crippen molar-refractivity contribution in [3.05, 3.63) is 90.3 Å². The molecule has 0 saturated carbocycles. The van der Waals surface area contributed by atoms with Crippen LogP contribution in [0.1, 0.15) is 11.4 Å². The van der Waals surface area contributed by atoms with Gasteiger partial charge in [-0.2, -0.15) is 0 Å². The van der Waals surface area contributed by atoms with E-state index in [-0.39, 0.29) is 0 Å². The van der Waals surface area contributed by atoms with E-state index in [0.29, 0.717) is 0 Å². The zero-order valence-corrected chi connectivity index (χ0v) is 19.8. The highest BCUT2D eigenvalue weighted by Gasteiger charge is 2.24. The molecule has 33 heavy (non-hydrogen) atoms. The van der Waals surface area contributed by atoms with Crippen LogP contribution in [0.15, 0.2) is 78.9 Å². The van der Waals surface area contributed by atoms with Crippen LogP contribution in [0.2, 0.25) is 0 Å². The molecular weight excluding hydrogens is 442 g/mol. The van der Waals surface area contributed by atoms with Crippen molar-refractivity contribution in [3.8, 4) is 17.1 Å². The van der Waals surface area contributed by atoms with Crippen LogP contribution >= 0.6 is 22.7 Å². The lowest BCUT2D eigenvalue weighted by Crippen LogP contribution is -2.05. The van der Waals surface area contributed by atoms with E-state index in [1.54, 1.807) is 0 Å². The third kappa shape index (κ3) is 2.67. The van der Waals surface area contributed by atoms with Crippen LogP contribution in [0.25, 0.3) is 57.7 Å². The van der Waals surface area contributed by atoms with Gasteiger partial charge in [-0.1, -0.05) is 66.7 Å². The summed E-state index contributed by atoms with van der Waals surface area (Å²) in [5.74, 6) is 0.779. The molecule has 0 aliphatic heterocycles. The van der Waals surface area contributed by atoms with Gasteiger partial charge in [0, 0.05) is 36.5 Å². The number of nitrogens with zero attached hydrogens (tertiary/aromatic N) is 3. The molecule has 0 aliphatic carbocycles. The number of hydrogen-bond acceptors (Lipinski definition) is 4. The predicted octanol–water partition coefficient (Wildman–Crippen LogP) is 8.29. The lowest BCUT2D eigenvalue weighted by Gasteiger charge is -2.13. The number of benzene rings is 3. The molecule has 0 radical (unpaired) electrons. The minimum absolute atomic E-state index is 0.779. The van der Waals surface area contributed by atoms with Gasteiger partial charge < -0.3 is 0 Å². The molecule has 0 spiro atoms. The Bertz CT molecular complexity index is 1730. The van der Waals surface area contributed by atoms with E-state index in [1.165, 1.54) is 40.6 Å². The fourth-order valence-electron chi connectivity index (χ4n) is 4.91. The molecule has 0 bridgehead atoms. The van der Waals surface area contributed by atoms with Gasteiger partial charge >= 0.3 is 0 Å². The first-order chi connectivity index (χ1) is 16.2. The molecule has 0 saturated heterocycles. The predicted molar refractivity (Wildman–Crippen MR) is 142 cm³/mol. The van der Waals surface area contributed by atoms with Crippen LogP contribution in [-0.2, 0) is 0 Å². The van der Waals surface area contributed by atoms with E-state index < -0.39 is 0 Å². The Labute approximate surface area is 198 Å². The van der Waals surface area contributed by atoms with E-state index in [2.05, 4.69) is 79.1 Å². The monoisotopic (exact) mass is 461 g/mol. The largest absolute Gasteiger partial charge is 0.288 e. The van der Waals surface area contributed by atoms with Crippen LogP contribution in [0.3, 0.4) is 0 Å². The summed E-state index contributed by atoms with van der Waals surface area (Å²) in [7, 11) is 0. The SMILES string of the molecule is Cc1nc(-c2ccccc2)nc(C)c1-n1c2sc3ccccc3c2c2c3ccccc3sc21. The number of rotatable bonds is 2. The van der Waals surface area contributed by atoms with Crippen LogP contribution in [0, 0.1) is 13.8 Å². The third-order valence-corrected chi connectivity index (χ3v) is 8.61. The lowest BCUT2D eigenvalue weighted by molar-refractivity contribution is 0.997. The van der Waals surface area contributed by atoms with Gasteiger partial charge in [0.2, 0.25) is 0 Å². The normalized spacial score (nSPS) is 11.9. The van der Waals surface area contributed by atoms with Crippen LogP contribution < -0.4 is 0 Å². The Kier molecular flexibility index (Phi) is 4.01. The van der Waals surface area contributed by atoms with Crippen molar-refractivity contribution in [3.63, 3.8) is 0 Å². The first kappa shape index (κ1) is 19.0. The minimum atomic E-state index is 0.779. The summed E-state index contributed by atoms with van der Waals surface area (Å²) < 4.78 is 5.04. The molecule has 5 heteroatoms. The zero-order chi connectivity index (χ0) is 22.1. The number of aryl methyl sites for hydroxylation is 2. The second-order valence-corrected chi connectivity index (χ2v) is 10.4. The maximum absolute atomic E-state index is 4.96. The number of aromatic nitrogens is 3. The first-order valence-corrected chi connectivity index (χ1v) is 12.6. The highest BCUT2D eigenvalue weighted by molar-refractivity contribution is 7.28. The fourth-order valence-corrected chi connectivity index (χ4v) is 7.41. The van der Waals surface area contributed by atoms with Crippen molar-refractivity contribution < 1.29 is 0 Å². The van der Waals surface area contributed by atoms with Gasteiger partial charge in [-0.05, 0) is 26.0 Å². The van der Waals surface area contributed by atoms with E-state index in [0.717, 1.165) is 28.5 Å². The quantitative estimate of drug-likeness (QED) is 0.259. The van der Waals surface area contributed by atoms with Gasteiger partial charge in [0.1, 0.15) is 9.66 Å². The molecule has 0 fully saturated rings. The van der Waals surface area contributed by atoms with E-state index in [4.69, 9.17) is 9.97 Å². The summed E-state index contributed by atoms with van der Waals surface area (Å²) in [6.07, 6.45) is 0. The summed E-state index contributed by atoms with van der Waals surface area (Å²) in [5.41, 5.74) is 4.12. The molecule has 3 aromatic carbocycles. The summed E-state index contributed by atoms with van der Waals surface area (Å²) in [4.78, 5) is 12.5. The lowest BCUT2D eigenvalue weighted by atomic mass is 10.1. The summed E-state index contributed by atoms with van der Waals surface area (Å²) in [5, 5.41) is 5.33. The summed E-state index contributed by atoms with van der Waals surface area (Å²) in [6.45, 7) is 4.21. The fraction of sp³-hybridized carbons (Fsp3) is 0.0714. The van der Waals surface area contributed by atoms with Crippen molar-refractivity contribution in [1.82, 2.24) is 14.5 Å². The van der Waals surface area contributed by atoms with Gasteiger partial charge in [-0.15, -0.1) is 22.7 Å². The van der Waals surface area contributed by atoms with Crippen LogP contribution in [0.4, 0.5) is 0 Å². The molecule has 0 atom stereocenters. The standard InChI is InChI=1S/C28H19N3S2/c1-16-25(17(2)30-26(29-16)18-10-4-3-5-11-18)31-27-23(19-12-6-8-14-21(19)32-27)24-20-13-7-9-15-22(20)33-28(24)31/h3-15H,1-2H3. The maximum atomic E-state index is 4.96. The average molecular weight is 462 g/mol. The molecule has 158 valence electrons. The van der Waals surface area contributed by atoms with E-state index in [9.17, 15) is 0 Å². The maximum Gasteiger partial charge on any atom is 0.159 e. The Morgan fingerprint density at radius 2 is 1.09 bits per heavy atom. The van der Waals surface area contributed by atoms with Crippen LogP contribution in [0.5, 0.6) is 0 Å². The molecule has 3 nitrogen and oxygen atoms in total. The first-order valence-electron chi connectivity index (χ1n) is 10.9. The Balaban J connectivity index is 1.63. The van der Waals surface area contributed by atoms with Gasteiger partial charge in [0.25, 0.3) is 0 Å². The van der Waals surface area contributed by atoms with Gasteiger partial charge in [0.05, 0.1) is 17.1 Å². The van der Waals surface area contributed by atoms with Crippen molar-refractivity contribution in [1.29, 1.82) is 0 Å². The molecule has 7 rings (SSSR count).